The number of carboxylic acids is 2. The Bertz CT molecular complexity index is 643. The third-order valence-corrected chi connectivity index (χ3v) is 3.68. The Morgan fingerprint density at radius 2 is 1.43 bits per heavy atom. The Labute approximate surface area is 165 Å². The number of amides is 4. The van der Waals surface area contributed by atoms with Crippen molar-refractivity contribution in [2.45, 2.75) is 43.9 Å². The molecule has 0 aliphatic carbocycles. The highest BCUT2D eigenvalue weighted by molar-refractivity contribution is 7.80. The summed E-state index contributed by atoms with van der Waals surface area (Å²) in [5.74, 6) is -6.57. The zero-order valence-corrected chi connectivity index (χ0v) is 15.8. The monoisotopic (exact) mass is 421 g/mol. The van der Waals surface area contributed by atoms with Gasteiger partial charge in [-0.05, 0) is 6.92 Å². The molecule has 0 aromatic carbocycles. The van der Waals surface area contributed by atoms with Gasteiger partial charge >= 0.3 is 11.9 Å². The van der Waals surface area contributed by atoms with Gasteiger partial charge in [-0.25, -0.2) is 4.79 Å². The van der Waals surface area contributed by atoms with Crippen molar-refractivity contribution in [3.8, 4) is 0 Å². The summed E-state index contributed by atoms with van der Waals surface area (Å²) in [6.07, 6.45) is -1.29. The smallest absolute Gasteiger partial charge is 0.326 e. The van der Waals surface area contributed by atoms with Crippen molar-refractivity contribution in [2.24, 2.45) is 11.5 Å². The van der Waals surface area contributed by atoms with Crippen LogP contribution in [0.25, 0.3) is 0 Å². The summed E-state index contributed by atoms with van der Waals surface area (Å²) < 4.78 is 0. The van der Waals surface area contributed by atoms with E-state index in [1.807, 2.05) is 5.32 Å². The number of carboxylic acid groups (broad SMARTS) is 2. The van der Waals surface area contributed by atoms with Gasteiger partial charge in [0.15, 0.2) is 0 Å². The lowest BCUT2D eigenvalue weighted by Gasteiger charge is -2.22. The molecule has 13 nitrogen and oxygen atoms in total. The van der Waals surface area contributed by atoms with Gasteiger partial charge in [-0.1, -0.05) is 0 Å². The number of hydrogen-bond donors (Lipinski definition) is 8. The minimum atomic E-state index is -1.57. The van der Waals surface area contributed by atoms with Gasteiger partial charge in [0.05, 0.1) is 18.9 Å². The van der Waals surface area contributed by atoms with Crippen LogP contribution in [0.2, 0.25) is 0 Å². The number of nitrogens with one attached hydrogen (secondary N) is 3. The minimum absolute atomic E-state index is 0.189. The van der Waals surface area contributed by atoms with Gasteiger partial charge in [0, 0.05) is 5.75 Å². The van der Waals surface area contributed by atoms with Gasteiger partial charge in [-0.3, -0.25) is 24.0 Å². The normalized spacial score (nSPS) is 14.7. The molecule has 4 amide bonds. The Morgan fingerprint density at radius 1 is 0.893 bits per heavy atom. The third-order valence-electron chi connectivity index (χ3n) is 3.32. The molecule has 0 rings (SSSR count). The first-order valence-corrected chi connectivity index (χ1v) is 8.52. The minimum Gasteiger partial charge on any atom is -0.481 e. The first-order valence-electron chi connectivity index (χ1n) is 7.89. The van der Waals surface area contributed by atoms with Crippen molar-refractivity contribution >= 4 is 48.2 Å². The topological polar surface area (TPSA) is 231 Å². The van der Waals surface area contributed by atoms with E-state index in [1.54, 1.807) is 0 Å². The second-order valence-electron chi connectivity index (χ2n) is 5.75. The number of carbonyl (C=O) groups excluding carboxylic acids is 4. The first-order chi connectivity index (χ1) is 12.9. The summed E-state index contributed by atoms with van der Waals surface area (Å²) in [5, 5.41) is 24.0. The van der Waals surface area contributed by atoms with Crippen LogP contribution in [0.1, 0.15) is 19.8 Å². The molecule has 0 aromatic rings. The lowest BCUT2D eigenvalue weighted by atomic mass is 10.1. The van der Waals surface area contributed by atoms with Crippen molar-refractivity contribution in [1.82, 2.24) is 16.0 Å². The van der Waals surface area contributed by atoms with E-state index < -0.39 is 72.6 Å². The maximum Gasteiger partial charge on any atom is 0.326 e. The Balaban J connectivity index is 4.84. The van der Waals surface area contributed by atoms with E-state index in [9.17, 15) is 28.8 Å². The van der Waals surface area contributed by atoms with Gasteiger partial charge < -0.3 is 37.6 Å². The van der Waals surface area contributed by atoms with E-state index in [1.165, 1.54) is 6.92 Å². The second kappa shape index (κ2) is 11.8. The molecule has 0 aromatic heterocycles. The van der Waals surface area contributed by atoms with Gasteiger partial charge in [-0.15, -0.1) is 0 Å². The zero-order valence-electron chi connectivity index (χ0n) is 14.9. The molecule has 4 unspecified atom stereocenters. The molecule has 0 saturated heterocycles. The zero-order chi connectivity index (χ0) is 22.0. The maximum absolute atomic E-state index is 12.2. The van der Waals surface area contributed by atoms with Gasteiger partial charge in [0.1, 0.15) is 18.1 Å². The lowest BCUT2D eigenvalue weighted by Crippen LogP contribution is -2.57. The van der Waals surface area contributed by atoms with Crippen LogP contribution in [0.5, 0.6) is 0 Å². The molecule has 0 aliphatic rings. The number of nitrogens with two attached hydrogens (primary N) is 2. The number of carbonyl (C=O) groups is 6. The Kier molecular flexibility index (Phi) is 10.6. The van der Waals surface area contributed by atoms with Gasteiger partial charge in [0.25, 0.3) is 0 Å². The molecule has 0 fully saturated rings. The summed E-state index contributed by atoms with van der Waals surface area (Å²) in [7, 11) is 0. The highest BCUT2D eigenvalue weighted by atomic mass is 32.1. The van der Waals surface area contributed by atoms with Crippen molar-refractivity contribution < 1.29 is 39.0 Å². The quantitative estimate of drug-likeness (QED) is 0.144. The molecule has 0 bridgehead atoms. The summed E-state index contributed by atoms with van der Waals surface area (Å²) in [6.45, 7) is 1.24. The molecular weight excluding hydrogens is 398 g/mol. The first kappa shape index (κ1) is 25.1. The van der Waals surface area contributed by atoms with Gasteiger partial charge in [-0.2, -0.15) is 12.6 Å². The largest absolute Gasteiger partial charge is 0.481 e. The van der Waals surface area contributed by atoms with Crippen molar-refractivity contribution in [1.29, 1.82) is 0 Å². The predicted octanol–water partition coefficient (Wildman–Crippen LogP) is -3.85. The van der Waals surface area contributed by atoms with E-state index in [0.29, 0.717) is 0 Å². The summed E-state index contributed by atoms with van der Waals surface area (Å²) in [5.41, 5.74) is 10.3. The highest BCUT2D eigenvalue weighted by Gasteiger charge is 2.28. The molecule has 0 saturated carbocycles. The van der Waals surface area contributed by atoms with E-state index in [2.05, 4.69) is 23.3 Å². The van der Waals surface area contributed by atoms with Crippen molar-refractivity contribution in [3.05, 3.63) is 0 Å². The van der Waals surface area contributed by atoms with Crippen LogP contribution < -0.4 is 27.4 Å². The molecule has 0 heterocycles. The standard InChI is InChI=1S/C14H23N5O8S/c1-5(11(23)18-7(14(26)27)3-9(16)20)17-13(25)8(4-28)19-12(24)6(15)2-10(21)22/h5-8,28H,2-4,15H2,1H3,(H2,16,20)(H,17,25)(H,18,23)(H,19,24)(H,21,22)(H,26,27). The fraction of sp³-hybridized carbons (Fsp3) is 0.571. The van der Waals surface area contributed by atoms with Crippen LogP contribution in [-0.2, 0) is 28.8 Å². The molecule has 158 valence electrons. The molecule has 0 aliphatic heterocycles. The van der Waals surface area contributed by atoms with Crippen molar-refractivity contribution in [3.63, 3.8) is 0 Å². The van der Waals surface area contributed by atoms with Crippen LogP contribution in [-0.4, -0.2) is 75.7 Å². The summed E-state index contributed by atoms with van der Waals surface area (Å²) >= 11 is 3.90. The summed E-state index contributed by atoms with van der Waals surface area (Å²) in [6, 6.07) is -5.42. The van der Waals surface area contributed by atoms with Crippen molar-refractivity contribution in [2.75, 3.05) is 5.75 Å². The molecule has 0 spiro atoms. The number of thiol groups is 1. The number of aliphatic carboxylic acids is 2. The molecule has 9 N–H and O–H groups in total. The van der Waals surface area contributed by atoms with E-state index in [0.717, 1.165) is 0 Å². The van der Waals surface area contributed by atoms with E-state index in [4.69, 9.17) is 21.7 Å². The fourth-order valence-electron chi connectivity index (χ4n) is 1.83. The van der Waals surface area contributed by atoms with E-state index >= 15 is 0 Å². The molecule has 4 atom stereocenters. The van der Waals surface area contributed by atoms with Crippen LogP contribution in [0, 0.1) is 0 Å². The lowest BCUT2D eigenvalue weighted by molar-refractivity contribution is -0.143. The second-order valence-corrected chi connectivity index (χ2v) is 6.11. The average molecular weight is 421 g/mol. The molecule has 28 heavy (non-hydrogen) atoms. The maximum atomic E-state index is 12.2. The Morgan fingerprint density at radius 3 is 1.86 bits per heavy atom. The van der Waals surface area contributed by atoms with Crippen LogP contribution in [0.4, 0.5) is 0 Å². The van der Waals surface area contributed by atoms with Gasteiger partial charge in [0.2, 0.25) is 23.6 Å². The van der Waals surface area contributed by atoms with Crippen LogP contribution in [0.15, 0.2) is 0 Å². The number of rotatable bonds is 12. The molecular formula is C14H23N5O8S. The molecule has 0 radical (unpaired) electrons. The third kappa shape index (κ3) is 9.18. The number of primary amides is 1. The molecule has 14 heteroatoms. The predicted molar refractivity (Wildman–Crippen MR) is 97.0 cm³/mol. The Hall–Kier alpha value is -2.87. The number of hydrogen-bond acceptors (Lipinski definition) is 8. The van der Waals surface area contributed by atoms with Crippen LogP contribution in [0.3, 0.4) is 0 Å². The SMILES string of the molecule is CC(NC(=O)C(CS)NC(=O)C(N)CC(=O)O)C(=O)NC(CC(N)=O)C(=O)O. The summed E-state index contributed by atoms with van der Waals surface area (Å²) in [4.78, 5) is 68.4. The fourth-order valence-corrected chi connectivity index (χ4v) is 2.09. The van der Waals surface area contributed by atoms with E-state index in [-0.39, 0.29) is 5.75 Å². The van der Waals surface area contributed by atoms with Crippen LogP contribution >= 0.6 is 12.6 Å². The highest BCUT2D eigenvalue weighted by Crippen LogP contribution is 1.97. The average Bonchev–Trinajstić information content (AvgIpc) is 2.57.